The number of aromatic nitrogens is 4. The van der Waals surface area contributed by atoms with Crippen LogP contribution in [0.3, 0.4) is 0 Å². The number of imidazole rings is 1. The van der Waals surface area contributed by atoms with Gasteiger partial charge in [-0.2, -0.15) is 0 Å². The van der Waals surface area contributed by atoms with E-state index >= 15 is 0 Å². The first-order chi connectivity index (χ1) is 5.86. The second-order valence-corrected chi connectivity index (χ2v) is 2.98. The van der Waals surface area contributed by atoms with Crippen LogP contribution in [0.15, 0.2) is 35.7 Å². The minimum Gasteiger partial charge on any atom is -0.289 e. The fourth-order valence-corrected chi connectivity index (χ4v) is 1.04. The van der Waals surface area contributed by atoms with E-state index in [4.69, 9.17) is 0 Å². The molecule has 2 aromatic heterocycles. The van der Waals surface area contributed by atoms with Gasteiger partial charge >= 0.3 is 0 Å². The Morgan fingerprint density at radius 3 is 2.75 bits per heavy atom. The molecule has 2 heterocycles. The van der Waals surface area contributed by atoms with Gasteiger partial charge in [0.05, 0.1) is 12.4 Å². The fourth-order valence-electron chi connectivity index (χ4n) is 0.833. The number of hydrogen-bond acceptors (Lipinski definition) is 3. The molecule has 0 N–H and O–H groups in total. The van der Waals surface area contributed by atoms with Gasteiger partial charge in [-0.15, -0.1) is 0 Å². The van der Waals surface area contributed by atoms with Crippen molar-refractivity contribution >= 4 is 15.9 Å². The molecule has 0 bridgehead atoms. The highest BCUT2D eigenvalue weighted by Gasteiger charge is 1.95. The van der Waals surface area contributed by atoms with Gasteiger partial charge in [0.15, 0.2) is 5.82 Å². The maximum absolute atomic E-state index is 4.13. The molecule has 60 valence electrons. The van der Waals surface area contributed by atoms with Crippen LogP contribution < -0.4 is 0 Å². The summed E-state index contributed by atoms with van der Waals surface area (Å²) in [6, 6.07) is 0. The number of nitrogens with zero attached hydrogens (tertiary/aromatic N) is 4. The first-order valence-electron chi connectivity index (χ1n) is 3.32. The van der Waals surface area contributed by atoms with Crippen molar-refractivity contribution in [2.75, 3.05) is 0 Å². The van der Waals surface area contributed by atoms with Gasteiger partial charge in [-0.1, -0.05) is 0 Å². The Morgan fingerprint density at radius 2 is 2.17 bits per heavy atom. The summed E-state index contributed by atoms with van der Waals surface area (Å²) in [5.41, 5.74) is 0. The van der Waals surface area contributed by atoms with E-state index < -0.39 is 0 Å². The van der Waals surface area contributed by atoms with E-state index in [1.54, 1.807) is 29.5 Å². The average Bonchev–Trinajstić information content (AvgIpc) is 2.58. The van der Waals surface area contributed by atoms with Crippen LogP contribution in [0.5, 0.6) is 0 Å². The van der Waals surface area contributed by atoms with E-state index in [1.807, 2.05) is 6.20 Å². The SMILES string of the molecule is Brc1cnc(-n2ccnc2)cn1. The molecular weight excluding hydrogens is 220 g/mol. The van der Waals surface area contributed by atoms with Crippen molar-refractivity contribution in [2.24, 2.45) is 0 Å². The van der Waals surface area contributed by atoms with Crippen LogP contribution in [0.2, 0.25) is 0 Å². The van der Waals surface area contributed by atoms with E-state index in [1.165, 1.54) is 0 Å². The Labute approximate surface area is 77.4 Å². The second kappa shape index (κ2) is 3.02. The average molecular weight is 225 g/mol. The molecule has 0 aliphatic rings. The lowest BCUT2D eigenvalue weighted by atomic mass is 10.6. The van der Waals surface area contributed by atoms with E-state index in [0.717, 1.165) is 10.4 Å². The van der Waals surface area contributed by atoms with Gasteiger partial charge in [0, 0.05) is 12.4 Å². The highest BCUT2D eigenvalue weighted by molar-refractivity contribution is 9.10. The molecule has 0 spiro atoms. The zero-order valence-corrected chi connectivity index (χ0v) is 7.64. The first kappa shape index (κ1) is 7.42. The lowest BCUT2D eigenvalue weighted by Gasteiger charge is -1.98. The summed E-state index contributed by atoms with van der Waals surface area (Å²) in [5, 5.41) is 0. The van der Waals surface area contributed by atoms with Gasteiger partial charge < -0.3 is 0 Å². The Morgan fingerprint density at radius 1 is 1.25 bits per heavy atom. The van der Waals surface area contributed by atoms with Crippen molar-refractivity contribution in [1.29, 1.82) is 0 Å². The number of halogens is 1. The Hall–Kier alpha value is -1.23. The monoisotopic (exact) mass is 224 g/mol. The molecule has 0 unspecified atom stereocenters. The standard InChI is InChI=1S/C7H5BrN4/c8-6-3-11-7(4-10-6)12-2-1-9-5-12/h1-5H. The van der Waals surface area contributed by atoms with Crippen LogP contribution in [-0.2, 0) is 0 Å². The van der Waals surface area contributed by atoms with Crippen molar-refractivity contribution < 1.29 is 0 Å². The Balaban J connectivity index is 2.43. The fraction of sp³-hybridized carbons (Fsp3) is 0. The second-order valence-electron chi connectivity index (χ2n) is 2.17. The van der Waals surface area contributed by atoms with Gasteiger partial charge in [-0.25, -0.2) is 15.0 Å². The molecule has 0 aromatic carbocycles. The summed E-state index contributed by atoms with van der Waals surface area (Å²) in [7, 11) is 0. The lowest BCUT2D eigenvalue weighted by Crippen LogP contribution is -1.94. The van der Waals surface area contributed by atoms with Gasteiger partial charge in [0.2, 0.25) is 0 Å². The Bertz CT molecular complexity index is 353. The van der Waals surface area contributed by atoms with Crippen molar-refractivity contribution in [2.45, 2.75) is 0 Å². The molecule has 5 heteroatoms. The topological polar surface area (TPSA) is 43.6 Å². The molecule has 0 aliphatic carbocycles. The lowest BCUT2D eigenvalue weighted by molar-refractivity contribution is 0.963. The zero-order chi connectivity index (χ0) is 8.39. The zero-order valence-electron chi connectivity index (χ0n) is 6.05. The maximum atomic E-state index is 4.13. The molecule has 2 rings (SSSR count). The van der Waals surface area contributed by atoms with Crippen LogP contribution in [0.4, 0.5) is 0 Å². The van der Waals surface area contributed by atoms with E-state index in [9.17, 15) is 0 Å². The van der Waals surface area contributed by atoms with Crippen LogP contribution in [-0.4, -0.2) is 19.5 Å². The molecule has 0 radical (unpaired) electrons. The van der Waals surface area contributed by atoms with Crippen molar-refractivity contribution in [1.82, 2.24) is 19.5 Å². The molecule has 12 heavy (non-hydrogen) atoms. The molecule has 0 aliphatic heterocycles. The van der Waals surface area contributed by atoms with Crippen molar-refractivity contribution in [3.63, 3.8) is 0 Å². The molecule has 0 fully saturated rings. The summed E-state index contributed by atoms with van der Waals surface area (Å²) in [6.45, 7) is 0. The maximum Gasteiger partial charge on any atom is 0.156 e. The third kappa shape index (κ3) is 1.35. The summed E-state index contributed by atoms with van der Waals surface area (Å²) < 4.78 is 2.52. The van der Waals surface area contributed by atoms with E-state index in [2.05, 4.69) is 30.9 Å². The predicted octanol–water partition coefficient (Wildman–Crippen LogP) is 1.42. The normalized spacial score (nSPS) is 10.1. The highest BCUT2D eigenvalue weighted by atomic mass is 79.9. The van der Waals surface area contributed by atoms with Crippen LogP contribution in [0.1, 0.15) is 0 Å². The van der Waals surface area contributed by atoms with E-state index in [-0.39, 0.29) is 0 Å². The molecular formula is C7H5BrN4. The largest absolute Gasteiger partial charge is 0.289 e. The van der Waals surface area contributed by atoms with Crippen LogP contribution in [0.25, 0.3) is 5.82 Å². The van der Waals surface area contributed by atoms with Gasteiger partial charge in [-0.3, -0.25) is 4.57 Å². The minimum atomic E-state index is 0.728. The van der Waals surface area contributed by atoms with Crippen LogP contribution in [0, 0.1) is 0 Å². The smallest absolute Gasteiger partial charge is 0.156 e. The van der Waals surface area contributed by atoms with E-state index in [0.29, 0.717) is 0 Å². The van der Waals surface area contributed by atoms with Crippen molar-refractivity contribution in [3.8, 4) is 5.82 Å². The molecule has 0 saturated carbocycles. The molecule has 0 atom stereocenters. The first-order valence-corrected chi connectivity index (χ1v) is 4.11. The third-order valence-corrected chi connectivity index (χ3v) is 1.79. The van der Waals surface area contributed by atoms with Crippen molar-refractivity contribution in [3.05, 3.63) is 35.7 Å². The Kier molecular flexibility index (Phi) is 1.87. The van der Waals surface area contributed by atoms with Crippen LogP contribution >= 0.6 is 15.9 Å². The molecule has 0 amide bonds. The summed E-state index contributed by atoms with van der Waals surface area (Å²) in [5.74, 6) is 0.760. The van der Waals surface area contributed by atoms with Gasteiger partial charge in [0.1, 0.15) is 10.9 Å². The number of rotatable bonds is 1. The van der Waals surface area contributed by atoms with Gasteiger partial charge in [-0.05, 0) is 15.9 Å². The summed E-state index contributed by atoms with van der Waals surface area (Å²) in [4.78, 5) is 12.1. The highest BCUT2D eigenvalue weighted by Crippen LogP contribution is 2.05. The number of hydrogen-bond donors (Lipinski definition) is 0. The predicted molar refractivity (Wildman–Crippen MR) is 46.9 cm³/mol. The quantitative estimate of drug-likeness (QED) is 0.737. The molecule has 4 nitrogen and oxygen atoms in total. The molecule has 0 saturated heterocycles. The summed E-state index contributed by atoms with van der Waals surface area (Å²) >= 11 is 3.21. The van der Waals surface area contributed by atoms with Gasteiger partial charge in [0.25, 0.3) is 0 Å². The summed E-state index contributed by atoms with van der Waals surface area (Å²) in [6.07, 6.45) is 8.51. The molecule has 2 aromatic rings. The minimum absolute atomic E-state index is 0.728. The third-order valence-electron chi connectivity index (χ3n) is 1.38.